The molecule has 0 aliphatic heterocycles. The van der Waals surface area contributed by atoms with Crippen molar-refractivity contribution in [2.75, 3.05) is 7.11 Å². The summed E-state index contributed by atoms with van der Waals surface area (Å²) in [5.74, 6) is -0.0454. The molecule has 0 spiro atoms. The summed E-state index contributed by atoms with van der Waals surface area (Å²) >= 11 is 12.1. The number of ether oxygens (including phenoxy) is 2. The Morgan fingerprint density at radius 2 is 2.05 bits per heavy atom. The molecule has 0 N–H and O–H groups in total. The van der Waals surface area contributed by atoms with Crippen LogP contribution in [-0.4, -0.2) is 29.0 Å². The second-order valence-corrected chi connectivity index (χ2v) is 5.76. The van der Waals surface area contributed by atoms with Gasteiger partial charge in [0.25, 0.3) is 0 Å². The number of carbonyl (C=O) groups is 1. The third kappa shape index (κ3) is 3.93. The van der Waals surface area contributed by atoms with Crippen molar-refractivity contribution in [2.24, 2.45) is 0 Å². The molecule has 0 amide bonds. The van der Waals surface area contributed by atoms with Crippen LogP contribution in [-0.2, 0) is 11.3 Å². The molecule has 0 fully saturated rings. The number of benzene rings is 1. The van der Waals surface area contributed by atoms with E-state index in [0.717, 1.165) is 5.56 Å². The number of methoxy groups -OCH3 is 1. The van der Waals surface area contributed by atoms with Gasteiger partial charge in [0.1, 0.15) is 0 Å². The predicted molar refractivity (Wildman–Crippen MR) is 84.9 cm³/mol. The molecular weight excluding hydrogens is 327 g/mol. The fourth-order valence-corrected chi connectivity index (χ4v) is 2.33. The van der Waals surface area contributed by atoms with E-state index in [4.69, 9.17) is 27.9 Å². The van der Waals surface area contributed by atoms with Gasteiger partial charge in [0.05, 0.1) is 19.8 Å². The van der Waals surface area contributed by atoms with Crippen molar-refractivity contribution in [1.82, 2.24) is 9.78 Å². The van der Waals surface area contributed by atoms with E-state index >= 15 is 0 Å². The lowest BCUT2D eigenvalue weighted by Crippen LogP contribution is -2.12. The van der Waals surface area contributed by atoms with Gasteiger partial charge in [-0.15, -0.1) is 0 Å². The van der Waals surface area contributed by atoms with Gasteiger partial charge in [-0.05, 0) is 31.5 Å². The van der Waals surface area contributed by atoms with Crippen LogP contribution in [0.2, 0.25) is 10.0 Å². The van der Waals surface area contributed by atoms with Gasteiger partial charge in [0.2, 0.25) is 5.88 Å². The van der Waals surface area contributed by atoms with Crippen LogP contribution < -0.4 is 4.74 Å². The average molecular weight is 343 g/mol. The van der Waals surface area contributed by atoms with Crippen LogP contribution in [0.3, 0.4) is 0 Å². The molecule has 1 aromatic heterocycles. The van der Waals surface area contributed by atoms with Crippen LogP contribution in [0.25, 0.3) is 0 Å². The van der Waals surface area contributed by atoms with Gasteiger partial charge < -0.3 is 9.47 Å². The largest absolute Gasteiger partial charge is 0.475 e. The zero-order valence-electron chi connectivity index (χ0n) is 12.5. The lowest BCUT2D eigenvalue weighted by molar-refractivity contribution is 0.0593. The van der Waals surface area contributed by atoms with Crippen LogP contribution in [0.4, 0.5) is 0 Å². The molecule has 0 radical (unpaired) electrons. The fraction of sp³-hybridized carbons (Fsp3) is 0.333. The number of esters is 1. The van der Waals surface area contributed by atoms with Gasteiger partial charge in [-0.2, -0.15) is 5.10 Å². The van der Waals surface area contributed by atoms with Gasteiger partial charge >= 0.3 is 5.97 Å². The summed E-state index contributed by atoms with van der Waals surface area (Å²) in [5.41, 5.74) is 1.00. The zero-order chi connectivity index (χ0) is 16.3. The highest BCUT2D eigenvalue weighted by Crippen LogP contribution is 2.24. The van der Waals surface area contributed by atoms with Crippen LogP contribution in [0.1, 0.15) is 29.9 Å². The molecule has 0 atom stereocenters. The van der Waals surface area contributed by atoms with E-state index in [2.05, 4.69) is 9.84 Å². The van der Waals surface area contributed by atoms with Crippen LogP contribution in [0, 0.1) is 0 Å². The summed E-state index contributed by atoms with van der Waals surface area (Å²) in [7, 11) is 1.31. The van der Waals surface area contributed by atoms with E-state index in [9.17, 15) is 4.79 Å². The van der Waals surface area contributed by atoms with Gasteiger partial charge in [-0.3, -0.25) is 0 Å². The van der Waals surface area contributed by atoms with Crippen molar-refractivity contribution >= 4 is 29.2 Å². The summed E-state index contributed by atoms with van der Waals surface area (Å²) in [6.07, 6.45) is -0.0540. The summed E-state index contributed by atoms with van der Waals surface area (Å²) in [6.45, 7) is 4.14. The predicted octanol–water partition coefficient (Wildman–Crippen LogP) is 3.81. The highest BCUT2D eigenvalue weighted by molar-refractivity contribution is 6.35. The standard InChI is InChI=1S/C15H16Cl2N2O3/c1-9(2)22-14-7-13(15(20)21-3)18-19(14)8-10-4-5-11(16)6-12(10)17/h4-7,9H,8H2,1-3H3. The molecule has 0 unspecified atom stereocenters. The SMILES string of the molecule is COC(=O)c1cc(OC(C)C)n(Cc2ccc(Cl)cc2Cl)n1. The molecule has 5 nitrogen and oxygen atoms in total. The van der Waals surface area contributed by atoms with E-state index in [1.54, 1.807) is 22.9 Å². The number of halogens is 2. The van der Waals surface area contributed by atoms with Crippen molar-refractivity contribution < 1.29 is 14.3 Å². The first-order valence-corrected chi connectivity index (χ1v) is 7.43. The highest BCUT2D eigenvalue weighted by atomic mass is 35.5. The minimum atomic E-state index is -0.519. The minimum Gasteiger partial charge on any atom is -0.475 e. The van der Waals surface area contributed by atoms with Crippen LogP contribution >= 0.6 is 23.2 Å². The first kappa shape index (κ1) is 16.6. The van der Waals surface area contributed by atoms with Crippen molar-refractivity contribution in [1.29, 1.82) is 0 Å². The Hall–Kier alpha value is -1.72. The van der Waals surface area contributed by atoms with E-state index in [1.165, 1.54) is 7.11 Å². The molecule has 1 heterocycles. The first-order valence-electron chi connectivity index (χ1n) is 6.67. The molecule has 0 saturated heterocycles. The Morgan fingerprint density at radius 3 is 2.64 bits per heavy atom. The molecule has 0 aliphatic rings. The molecule has 0 aliphatic carbocycles. The van der Waals surface area contributed by atoms with E-state index in [1.807, 2.05) is 19.9 Å². The normalized spacial score (nSPS) is 10.8. The molecule has 7 heteroatoms. The molecule has 22 heavy (non-hydrogen) atoms. The Morgan fingerprint density at radius 1 is 1.32 bits per heavy atom. The molecule has 0 saturated carbocycles. The summed E-state index contributed by atoms with van der Waals surface area (Å²) in [6, 6.07) is 6.77. The minimum absolute atomic E-state index is 0.0540. The van der Waals surface area contributed by atoms with Crippen molar-refractivity contribution in [3.8, 4) is 5.88 Å². The number of nitrogens with zero attached hydrogens (tertiary/aromatic N) is 2. The second kappa shape index (κ2) is 7.03. The Balaban J connectivity index is 2.35. The number of hydrogen-bond acceptors (Lipinski definition) is 4. The number of rotatable bonds is 5. The Bertz CT molecular complexity index is 683. The molecule has 2 rings (SSSR count). The number of carbonyl (C=O) groups excluding carboxylic acids is 1. The van der Waals surface area contributed by atoms with Crippen molar-refractivity contribution in [2.45, 2.75) is 26.5 Å². The van der Waals surface area contributed by atoms with Crippen LogP contribution in [0.5, 0.6) is 5.88 Å². The summed E-state index contributed by atoms with van der Waals surface area (Å²) in [5, 5.41) is 5.30. The molecule has 0 bridgehead atoms. The molecular formula is C15H16Cl2N2O3. The smallest absolute Gasteiger partial charge is 0.358 e. The maximum absolute atomic E-state index is 11.6. The van der Waals surface area contributed by atoms with Crippen LogP contribution in [0.15, 0.2) is 24.3 Å². The number of aromatic nitrogens is 2. The van der Waals surface area contributed by atoms with Gasteiger partial charge in [-0.25, -0.2) is 9.48 Å². The Labute approximate surface area is 138 Å². The summed E-state index contributed by atoms with van der Waals surface area (Å²) in [4.78, 5) is 11.6. The lowest BCUT2D eigenvalue weighted by Gasteiger charge is -2.12. The summed E-state index contributed by atoms with van der Waals surface area (Å²) < 4.78 is 11.9. The maximum atomic E-state index is 11.6. The van der Waals surface area contributed by atoms with Gasteiger partial charge in [-0.1, -0.05) is 29.3 Å². The molecule has 2 aromatic rings. The van der Waals surface area contributed by atoms with E-state index in [0.29, 0.717) is 22.5 Å². The molecule has 1 aromatic carbocycles. The second-order valence-electron chi connectivity index (χ2n) is 4.92. The third-order valence-corrected chi connectivity index (χ3v) is 3.42. The highest BCUT2D eigenvalue weighted by Gasteiger charge is 2.17. The Kier molecular flexibility index (Phi) is 5.32. The average Bonchev–Trinajstić information content (AvgIpc) is 2.83. The monoisotopic (exact) mass is 342 g/mol. The zero-order valence-corrected chi connectivity index (χ0v) is 14.0. The van der Waals surface area contributed by atoms with E-state index < -0.39 is 5.97 Å². The quantitative estimate of drug-likeness (QED) is 0.775. The maximum Gasteiger partial charge on any atom is 0.358 e. The molecule has 118 valence electrons. The number of hydrogen-bond donors (Lipinski definition) is 0. The van der Waals surface area contributed by atoms with Crippen molar-refractivity contribution in [3.05, 3.63) is 45.6 Å². The van der Waals surface area contributed by atoms with E-state index in [-0.39, 0.29) is 11.8 Å². The van der Waals surface area contributed by atoms with Gasteiger partial charge in [0.15, 0.2) is 5.69 Å². The topological polar surface area (TPSA) is 53.4 Å². The van der Waals surface area contributed by atoms with Gasteiger partial charge in [0, 0.05) is 16.1 Å². The first-order chi connectivity index (χ1) is 10.4. The third-order valence-electron chi connectivity index (χ3n) is 2.83. The fourth-order valence-electron chi connectivity index (χ4n) is 1.86. The van der Waals surface area contributed by atoms with Crippen molar-refractivity contribution in [3.63, 3.8) is 0 Å². The lowest BCUT2D eigenvalue weighted by atomic mass is 10.2.